The van der Waals surface area contributed by atoms with Gasteiger partial charge in [0.2, 0.25) is 0 Å². The summed E-state index contributed by atoms with van der Waals surface area (Å²) in [5.41, 5.74) is 2.06. The fraction of sp³-hybridized carbons (Fsp3) is 0.167. The van der Waals surface area contributed by atoms with E-state index in [1.165, 1.54) is 5.39 Å². The fourth-order valence-electron chi connectivity index (χ4n) is 1.90. The molecule has 0 aliphatic rings. The Kier molecular flexibility index (Phi) is 2.62. The Morgan fingerprint density at radius 3 is 2.94 bits per heavy atom. The van der Waals surface area contributed by atoms with Crippen molar-refractivity contribution in [1.29, 1.82) is 0 Å². The van der Waals surface area contributed by atoms with Crippen LogP contribution in [0.25, 0.3) is 11.0 Å². The van der Waals surface area contributed by atoms with E-state index < -0.39 is 0 Å². The van der Waals surface area contributed by atoms with Crippen molar-refractivity contribution < 1.29 is 0 Å². The van der Waals surface area contributed by atoms with Crippen molar-refractivity contribution in [3.05, 3.63) is 46.1 Å². The molecule has 0 spiro atoms. The summed E-state index contributed by atoms with van der Waals surface area (Å²) in [6, 6.07) is 6.25. The Hall–Kier alpha value is -1.37. The first kappa shape index (κ1) is 10.8. The van der Waals surface area contributed by atoms with Gasteiger partial charge in [0.1, 0.15) is 5.65 Å². The van der Waals surface area contributed by atoms with Gasteiger partial charge in [-0.2, -0.15) is 5.10 Å². The minimum absolute atomic E-state index is 0.762. The molecule has 3 rings (SSSR count). The number of nitrogens with zero attached hydrogens (tertiary/aromatic N) is 4. The van der Waals surface area contributed by atoms with E-state index in [1.807, 2.05) is 30.2 Å². The smallest absolute Gasteiger partial charge is 0.140 e. The van der Waals surface area contributed by atoms with Crippen molar-refractivity contribution in [3.63, 3.8) is 0 Å². The number of aryl methyl sites for hydroxylation is 1. The first-order valence-electron chi connectivity index (χ1n) is 5.31. The van der Waals surface area contributed by atoms with Crippen LogP contribution in [0.2, 0.25) is 0 Å². The van der Waals surface area contributed by atoms with Gasteiger partial charge in [-0.05, 0) is 40.8 Å². The van der Waals surface area contributed by atoms with E-state index in [0.717, 1.165) is 21.5 Å². The van der Waals surface area contributed by atoms with Crippen LogP contribution in [-0.4, -0.2) is 19.3 Å². The average Bonchev–Trinajstić information content (AvgIpc) is 2.86. The Labute approximate surface area is 112 Å². The van der Waals surface area contributed by atoms with Gasteiger partial charge in [-0.15, -0.1) is 0 Å². The third-order valence-corrected chi connectivity index (χ3v) is 3.26. The van der Waals surface area contributed by atoms with Crippen molar-refractivity contribution in [2.45, 2.75) is 6.54 Å². The highest BCUT2D eigenvalue weighted by molar-refractivity contribution is 14.1. The molecule has 0 amide bonds. The minimum atomic E-state index is 0.762. The monoisotopic (exact) mass is 338 g/mol. The number of hydrogen-bond donors (Lipinski definition) is 0. The summed E-state index contributed by atoms with van der Waals surface area (Å²) in [5, 5.41) is 5.55. The van der Waals surface area contributed by atoms with E-state index in [4.69, 9.17) is 0 Å². The largest absolute Gasteiger partial charge is 0.326 e. The molecular weight excluding hydrogens is 327 g/mol. The van der Waals surface area contributed by atoms with Gasteiger partial charge in [0.25, 0.3) is 0 Å². The number of fused-ring (bicyclic) bond motifs is 1. The molecule has 0 saturated heterocycles. The molecule has 0 aliphatic heterocycles. The Morgan fingerprint density at radius 2 is 2.18 bits per heavy atom. The van der Waals surface area contributed by atoms with Crippen molar-refractivity contribution in [2.24, 2.45) is 7.05 Å². The molecular formula is C12H11IN4. The Bertz CT molecular complexity index is 668. The fourth-order valence-corrected chi connectivity index (χ4v) is 2.38. The second-order valence-corrected chi connectivity index (χ2v) is 5.24. The van der Waals surface area contributed by atoms with E-state index in [0.29, 0.717) is 0 Å². The summed E-state index contributed by atoms with van der Waals surface area (Å²) < 4.78 is 5.09. The highest BCUT2D eigenvalue weighted by atomic mass is 127. The van der Waals surface area contributed by atoms with E-state index in [2.05, 4.69) is 55.6 Å². The lowest BCUT2D eigenvalue weighted by atomic mass is 10.3. The van der Waals surface area contributed by atoms with Gasteiger partial charge in [-0.25, -0.2) is 4.98 Å². The van der Waals surface area contributed by atoms with Crippen molar-refractivity contribution >= 4 is 33.6 Å². The molecule has 86 valence electrons. The number of hydrogen-bond acceptors (Lipinski definition) is 2. The molecule has 0 saturated carbocycles. The van der Waals surface area contributed by atoms with E-state index in [-0.39, 0.29) is 0 Å². The number of pyridine rings is 1. The van der Waals surface area contributed by atoms with Crippen molar-refractivity contribution in [2.75, 3.05) is 0 Å². The van der Waals surface area contributed by atoms with Gasteiger partial charge < -0.3 is 4.57 Å². The molecule has 3 aromatic heterocycles. The summed E-state index contributed by atoms with van der Waals surface area (Å²) in [5.74, 6) is 0. The molecule has 0 bridgehead atoms. The molecule has 0 N–H and O–H groups in total. The maximum absolute atomic E-state index is 4.46. The van der Waals surface area contributed by atoms with E-state index >= 15 is 0 Å². The SMILES string of the molecule is Cn1ccc(Cn2ccc3cc(I)cnc32)n1. The zero-order valence-corrected chi connectivity index (χ0v) is 11.5. The molecule has 0 aromatic carbocycles. The second kappa shape index (κ2) is 4.14. The molecule has 0 aliphatic carbocycles. The van der Waals surface area contributed by atoms with Gasteiger partial charge in [0, 0.05) is 34.6 Å². The molecule has 17 heavy (non-hydrogen) atoms. The third kappa shape index (κ3) is 2.06. The topological polar surface area (TPSA) is 35.6 Å². The van der Waals surface area contributed by atoms with Crippen LogP contribution < -0.4 is 0 Å². The molecule has 3 aromatic rings. The van der Waals surface area contributed by atoms with Gasteiger partial charge in [-0.1, -0.05) is 0 Å². The maximum atomic E-state index is 4.46. The summed E-state index contributed by atoms with van der Waals surface area (Å²) in [7, 11) is 1.93. The normalized spacial score (nSPS) is 11.2. The minimum Gasteiger partial charge on any atom is -0.326 e. The molecule has 0 atom stereocenters. The summed E-state index contributed by atoms with van der Waals surface area (Å²) >= 11 is 2.28. The lowest BCUT2D eigenvalue weighted by molar-refractivity contribution is 0.714. The number of halogens is 1. The zero-order valence-electron chi connectivity index (χ0n) is 9.34. The Morgan fingerprint density at radius 1 is 1.29 bits per heavy atom. The molecule has 0 unspecified atom stereocenters. The maximum Gasteiger partial charge on any atom is 0.140 e. The van der Waals surface area contributed by atoms with Gasteiger partial charge >= 0.3 is 0 Å². The summed E-state index contributed by atoms with van der Waals surface area (Å²) in [4.78, 5) is 4.46. The lowest BCUT2D eigenvalue weighted by Gasteiger charge is -2.01. The zero-order chi connectivity index (χ0) is 11.8. The van der Waals surface area contributed by atoms with Gasteiger partial charge in [0.05, 0.1) is 12.2 Å². The van der Waals surface area contributed by atoms with Crippen LogP contribution in [-0.2, 0) is 13.6 Å². The van der Waals surface area contributed by atoms with Crippen LogP contribution in [0.1, 0.15) is 5.69 Å². The summed E-state index contributed by atoms with van der Waals surface area (Å²) in [6.07, 6.45) is 5.90. The van der Waals surface area contributed by atoms with Crippen LogP contribution in [0.5, 0.6) is 0 Å². The van der Waals surface area contributed by atoms with Crippen molar-refractivity contribution in [3.8, 4) is 0 Å². The van der Waals surface area contributed by atoms with Gasteiger partial charge in [-0.3, -0.25) is 4.68 Å². The molecule has 0 fully saturated rings. The van der Waals surface area contributed by atoms with E-state index in [9.17, 15) is 0 Å². The van der Waals surface area contributed by atoms with Crippen LogP contribution in [0.3, 0.4) is 0 Å². The predicted molar refractivity (Wildman–Crippen MR) is 74.8 cm³/mol. The average molecular weight is 338 g/mol. The van der Waals surface area contributed by atoms with Crippen LogP contribution in [0, 0.1) is 3.57 Å². The Balaban J connectivity index is 2.00. The van der Waals surface area contributed by atoms with Gasteiger partial charge in [0.15, 0.2) is 0 Å². The molecule has 0 radical (unpaired) electrons. The lowest BCUT2D eigenvalue weighted by Crippen LogP contribution is -2.00. The van der Waals surface area contributed by atoms with Crippen LogP contribution in [0.4, 0.5) is 0 Å². The molecule has 5 heteroatoms. The second-order valence-electron chi connectivity index (χ2n) is 3.99. The number of rotatable bonds is 2. The van der Waals surface area contributed by atoms with E-state index in [1.54, 1.807) is 0 Å². The first-order valence-corrected chi connectivity index (χ1v) is 6.39. The van der Waals surface area contributed by atoms with Crippen molar-refractivity contribution in [1.82, 2.24) is 19.3 Å². The molecule has 3 heterocycles. The highest BCUT2D eigenvalue weighted by Crippen LogP contribution is 2.16. The van der Waals surface area contributed by atoms with Crippen LogP contribution in [0.15, 0.2) is 36.8 Å². The summed E-state index contributed by atoms with van der Waals surface area (Å²) in [6.45, 7) is 0.762. The predicted octanol–water partition coefficient (Wildman–Crippen LogP) is 2.42. The molecule has 4 nitrogen and oxygen atoms in total. The standard InChI is InChI=1S/C12H11IN4/c1-16-4-3-11(15-16)8-17-5-2-9-6-10(13)7-14-12(9)17/h2-7H,8H2,1H3. The first-order chi connectivity index (χ1) is 8.22. The quantitative estimate of drug-likeness (QED) is 0.673. The van der Waals surface area contributed by atoms with Crippen LogP contribution >= 0.6 is 22.6 Å². The third-order valence-electron chi connectivity index (χ3n) is 2.67. The number of aromatic nitrogens is 4. The highest BCUT2D eigenvalue weighted by Gasteiger charge is 2.05.